The third kappa shape index (κ3) is 5.91. The van der Waals surface area contributed by atoms with Gasteiger partial charge in [0, 0.05) is 23.6 Å². The molecule has 29 heavy (non-hydrogen) atoms. The van der Waals surface area contributed by atoms with Crippen LogP contribution >= 0.6 is 0 Å². The third-order valence-electron chi connectivity index (χ3n) is 4.52. The Kier molecular flexibility index (Phi) is 7.52. The van der Waals surface area contributed by atoms with Gasteiger partial charge in [-0.2, -0.15) is 0 Å². The fourth-order valence-electron chi connectivity index (χ4n) is 2.67. The van der Waals surface area contributed by atoms with Crippen LogP contribution in [0.2, 0.25) is 0 Å². The van der Waals surface area contributed by atoms with Gasteiger partial charge in [-0.05, 0) is 43.7 Å². The minimum atomic E-state index is -1.06. The van der Waals surface area contributed by atoms with E-state index < -0.39 is 17.5 Å². The van der Waals surface area contributed by atoms with Crippen molar-refractivity contribution in [3.8, 4) is 11.5 Å². The Bertz CT molecular complexity index is 890. The summed E-state index contributed by atoms with van der Waals surface area (Å²) in [7, 11) is 1.48. The highest BCUT2D eigenvalue weighted by Gasteiger charge is 2.26. The summed E-state index contributed by atoms with van der Waals surface area (Å²) in [5, 5.41) is 19.3. The molecule has 0 aromatic heterocycles. The summed E-state index contributed by atoms with van der Waals surface area (Å²) in [6.07, 6.45) is 3.14. The fourth-order valence-corrected chi connectivity index (χ4v) is 2.67. The topological polar surface area (TPSA) is 105 Å². The Hall–Kier alpha value is -3.16. The standard InChI is InChI=1S/C22H25NO6/c1-4-22(2,26)14-17-18(28-3)12-10-15(11-13-19(24)23-27)20(17)29-21(25)16-8-6-5-7-9-16/h5-13,26-27H,4,14H2,1-3H3,(H,23,24). The number of esters is 1. The second kappa shape index (κ2) is 9.86. The molecule has 1 amide bonds. The maximum atomic E-state index is 12.7. The first-order chi connectivity index (χ1) is 13.8. The van der Waals surface area contributed by atoms with E-state index in [1.807, 2.05) is 6.92 Å². The lowest BCUT2D eigenvalue weighted by molar-refractivity contribution is -0.124. The summed E-state index contributed by atoms with van der Waals surface area (Å²) in [6.45, 7) is 3.52. The Balaban J connectivity index is 2.57. The smallest absolute Gasteiger partial charge is 0.343 e. The van der Waals surface area contributed by atoms with Crippen molar-refractivity contribution in [2.75, 3.05) is 7.11 Å². The highest BCUT2D eigenvalue weighted by molar-refractivity contribution is 5.93. The Morgan fingerprint density at radius 3 is 2.45 bits per heavy atom. The minimum Gasteiger partial charge on any atom is -0.496 e. The van der Waals surface area contributed by atoms with Crippen LogP contribution in [0, 0.1) is 0 Å². The van der Waals surface area contributed by atoms with Crippen molar-refractivity contribution >= 4 is 18.0 Å². The van der Waals surface area contributed by atoms with Crippen LogP contribution in [0.15, 0.2) is 48.5 Å². The highest BCUT2D eigenvalue weighted by atomic mass is 16.5. The molecule has 0 radical (unpaired) electrons. The lowest BCUT2D eigenvalue weighted by Gasteiger charge is -2.25. The van der Waals surface area contributed by atoms with Crippen molar-refractivity contribution < 1.29 is 29.4 Å². The van der Waals surface area contributed by atoms with Gasteiger partial charge in [-0.1, -0.05) is 25.1 Å². The Morgan fingerprint density at radius 1 is 1.17 bits per heavy atom. The lowest BCUT2D eigenvalue weighted by Crippen LogP contribution is -2.27. The maximum absolute atomic E-state index is 12.7. The van der Waals surface area contributed by atoms with Crippen molar-refractivity contribution in [1.82, 2.24) is 5.48 Å². The van der Waals surface area contributed by atoms with Gasteiger partial charge in [0.05, 0.1) is 18.3 Å². The summed E-state index contributed by atoms with van der Waals surface area (Å²) in [5.74, 6) is -0.701. The zero-order chi connectivity index (χ0) is 21.4. The highest BCUT2D eigenvalue weighted by Crippen LogP contribution is 2.37. The van der Waals surface area contributed by atoms with Crippen LogP contribution in [0.1, 0.15) is 41.8 Å². The van der Waals surface area contributed by atoms with Gasteiger partial charge in [-0.25, -0.2) is 10.3 Å². The molecule has 7 heteroatoms. The summed E-state index contributed by atoms with van der Waals surface area (Å²) >= 11 is 0. The van der Waals surface area contributed by atoms with E-state index in [4.69, 9.17) is 14.7 Å². The fraction of sp³-hybridized carbons (Fsp3) is 0.273. The van der Waals surface area contributed by atoms with Crippen LogP contribution in [-0.4, -0.2) is 34.9 Å². The van der Waals surface area contributed by atoms with Gasteiger partial charge in [0.1, 0.15) is 11.5 Å². The monoisotopic (exact) mass is 399 g/mol. The SMILES string of the molecule is CCC(C)(O)Cc1c(OC)ccc(C=CC(=O)NO)c1OC(=O)c1ccccc1. The quantitative estimate of drug-likeness (QED) is 0.207. The van der Waals surface area contributed by atoms with Crippen LogP contribution in [0.25, 0.3) is 6.08 Å². The van der Waals surface area contributed by atoms with E-state index in [0.29, 0.717) is 28.9 Å². The van der Waals surface area contributed by atoms with Gasteiger partial charge in [0.15, 0.2) is 0 Å². The van der Waals surface area contributed by atoms with Gasteiger partial charge in [-0.15, -0.1) is 0 Å². The molecule has 7 nitrogen and oxygen atoms in total. The van der Waals surface area contributed by atoms with E-state index in [2.05, 4.69) is 0 Å². The predicted octanol–water partition coefficient (Wildman–Crippen LogP) is 3.14. The molecule has 0 spiro atoms. The van der Waals surface area contributed by atoms with E-state index in [9.17, 15) is 14.7 Å². The molecular weight excluding hydrogens is 374 g/mol. The summed E-state index contributed by atoms with van der Waals surface area (Å²) < 4.78 is 11.1. The van der Waals surface area contributed by atoms with E-state index in [1.54, 1.807) is 49.4 Å². The van der Waals surface area contributed by atoms with E-state index >= 15 is 0 Å². The van der Waals surface area contributed by atoms with E-state index in [1.165, 1.54) is 18.7 Å². The van der Waals surface area contributed by atoms with Crippen LogP contribution in [0.3, 0.4) is 0 Å². The van der Waals surface area contributed by atoms with Crippen molar-refractivity contribution in [2.24, 2.45) is 0 Å². The first-order valence-corrected chi connectivity index (χ1v) is 9.13. The molecule has 0 aliphatic rings. The van der Waals surface area contributed by atoms with Crippen molar-refractivity contribution in [3.05, 3.63) is 65.2 Å². The molecular formula is C22H25NO6. The number of aliphatic hydroxyl groups is 1. The molecule has 0 aliphatic carbocycles. The van der Waals surface area contributed by atoms with Crippen molar-refractivity contribution in [2.45, 2.75) is 32.3 Å². The summed E-state index contributed by atoms with van der Waals surface area (Å²) in [6, 6.07) is 11.8. The van der Waals surface area contributed by atoms with Crippen molar-refractivity contribution in [3.63, 3.8) is 0 Å². The van der Waals surface area contributed by atoms with Gasteiger partial charge in [0.2, 0.25) is 0 Å². The number of carbonyl (C=O) groups excluding carboxylic acids is 2. The summed E-state index contributed by atoms with van der Waals surface area (Å²) in [4.78, 5) is 24.1. The van der Waals surface area contributed by atoms with Crippen molar-refractivity contribution in [1.29, 1.82) is 0 Å². The molecule has 2 rings (SSSR count). The number of amides is 1. The van der Waals surface area contributed by atoms with Gasteiger partial charge >= 0.3 is 5.97 Å². The van der Waals surface area contributed by atoms with Gasteiger partial charge in [0.25, 0.3) is 5.91 Å². The predicted molar refractivity (Wildman–Crippen MR) is 108 cm³/mol. The first kappa shape index (κ1) is 22.1. The number of carbonyl (C=O) groups is 2. The van der Waals surface area contributed by atoms with Gasteiger partial charge < -0.3 is 14.6 Å². The molecule has 2 aromatic rings. The number of benzene rings is 2. The first-order valence-electron chi connectivity index (χ1n) is 9.13. The lowest BCUT2D eigenvalue weighted by atomic mass is 9.91. The van der Waals surface area contributed by atoms with E-state index in [0.717, 1.165) is 6.08 Å². The molecule has 0 saturated heterocycles. The zero-order valence-corrected chi connectivity index (χ0v) is 16.6. The number of rotatable bonds is 8. The average Bonchev–Trinajstić information content (AvgIpc) is 2.73. The van der Waals surface area contributed by atoms with E-state index in [-0.39, 0.29) is 12.2 Å². The molecule has 0 bridgehead atoms. The largest absolute Gasteiger partial charge is 0.496 e. The number of hydroxylamine groups is 1. The minimum absolute atomic E-state index is 0.165. The second-order valence-corrected chi connectivity index (χ2v) is 6.76. The Morgan fingerprint density at radius 2 is 1.86 bits per heavy atom. The average molecular weight is 399 g/mol. The molecule has 2 aromatic carbocycles. The molecule has 0 aliphatic heterocycles. The van der Waals surface area contributed by atoms with Crippen LogP contribution in [-0.2, 0) is 11.2 Å². The van der Waals surface area contributed by atoms with Gasteiger partial charge in [-0.3, -0.25) is 10.0 Å². The third-order valence-corrected chi connectivity index (χ3v) is 4.52. The maximum Gasteiger partial charge on any atom is 0.343 e. The normalized spacial score (nSPS) is 13.0. The molecule has 1 atom stereocenters. The van der Waals surface area contributed by atoms with Crippen LogP contribution in [0.4, 0.5) is 0 Å². The molecule has 0 heterocycles. The zero-order valence-electron chi connectivity index (χ0n) is 16.6. The number of methoxy groups -OCH3 is 1. The summed E-state index contributed by atoms with van der Waals surface area (Å²) in [5.41, 5.74) is 1.71. The number of ether oxygens (including phenoxy) is 2. The molecule has 1 unspecified atom stereocenters. The molecule has 154 valence electrons. The number of hydrogen-bond acceptors (Lipinski definition) is 6. The number of nitrogens with one attached hydrogen (secondary N) is 1. The second-order valence-electron chi connectivity index (χ2n) is 6.76. The van der Waals surface area contributed by atoms with Crippen LogP contribution in [0.5, 0.6) is 11.5 Å². The Labute approximate surface area is 169 Å². The molecule has 0 fully saturated rings. The van der Waals surface area contributed by atoms with Crippen LogP contribution < -0.4 is 15.0 Å². The number of hydrogen-bond donors (Lipinski definition) is 3. The molecule has 0 saturated carbocycles. The molecule has 3 N–H and O–H groups in total.